The van der Waals surface area contributed by atoms with Gasteiger partial charge in [0, 0.05) is 62.6 Å². The number of hydrogen-bond donors (Lipinski definition) is 1. The summed E-state index contributed by atoms with van der Waals surface area (Å²) in [4.78, 5) is 18.5. The first-order valence-corrected chi connectivity index (χ1v) is 14.5. The van der Waals surface area contributed by atoms with Gasteiger partial charge in [-0.15, -0.1) is 0 Å². The molecule has 1 radical (unpaired) electrons. The van der Waals surface area contributed by atoms with Crippen molar-refractivity contribution in [2.24, 2.45) is 5.92 Å². The van der Waals surface area contributed by atoms with Crippen LogP contribution in [0.5, 0.6) is 0 Å². The van der Waals surface area contributed by atoms with E-state index in [4.69, 9.17) is 4.98 Å². The van der Waals surface area contributed by atoms with E-state index in [9.17, 15) is 4.79 Å². The van der Waals surface area contributed by atoms with E-state index in [0.717, 1.165) is 54.7 Å². The van der Waals surface area contributed by atoms with Crippen LogP contribution in [0.2, 0.25) is 0 Å². The zero-order valence-corrected chi connectivity index (χ0v) is 27.2. The summed E-state index contributed by atoms with van der Waals surface area (Å²) >= 11 is 0. The number of amides is 1. The SMILES string of the molecule is Cc1cc(C)c2c3c(n(Cc4ccc(C(C(=O)NCc5ccccc5)C5CCCC5)cc4)c2n1)CCCC3.[CH3-].[Y]. The molecule has 40 heavy (non-hydrogen) atoms. The van der Waals surface area contributed by atoms with Gasteiger partial charge in [0.1, 0.15) is 5.65 Å². The van der Waals surface area contributed by atoms with Gasteiger partial charge in [-0.1, -0.05) is 67.4 Å². The number of aromatic nitrogens is 2. The molecular weight excluding hydrogens is 567 g/mol. The molecule has 2 heterocycles. The Balaban J connectivity index is 0.00000185. The first kappa shape index (κ1) is 30.7. The summed E-state index contributed by atoms with van der Waals surface area (Å²) in [5.74, 6) is 0.503. The minimum absolute atomic E-state index is 0. The molecule has 1 N–H and O–H groups in total. The molecule has 0 spiro atoms. The van der Waals surface area contributed by atoms with E-state index in [1.165, 1.54) is 53.5 Å². The smallest absolute Gasteiger partial charge is 0.228 e. The van der Waals surface area contributed by atoms with Gasteiger partial charge in [-0.05, 0) is 92.2 Å². The summed E-state index contributed by atoms with van der Waals surface area (Å²) in [6.45, 7) is 5.75. The van der Waals surface area contributed by atoms with Crippen molar-refractivity contribution in [3.05, 3.63) is 107 Å². The first-order valence-electron chi connectivity index (χ1n) is 14.5. The molecular formula is C35H42N3OY-. The minimum Gasteiger partial charge on any atom is -0.358 e. The van der Waals surface area contributed by atoms with E-state index in [0.29, 0.717) is 12.5 Å². The van der Waals surface area contributed by atoms with Crippen LogP contribution >= 0.6 is 0 Å². The van der Waals surface area contributed by atoms with Gasteiger partial charge in [-0.2, -0.15) is 0 Å². The van der Waals surface area contributed by atoms with Gasteiger partial charge in [0.25, 0.3) is 0 Å². The predicted molar refractivity (Wildman–Crippen MR) is 161 cm³/mol. The van der Waals surface area contributed by atoms with E-state index >= 15 is 0 Å². The molecule has 2 aromatic carbocycles. The fourth-order valence-electron chi connectivity index (χ4n) is 6.98. The predicted octanol–water partition coefficient (Wildman–Crippen LogP) is 7.62. The standard InChI is InChI=1S/C34H39N3O.CH3.Y/c1-23-20-24(2)36-33-31(23)29-14-8-9-15-30(29)37(33)22-26-16-18-28(19-17-26)32(27-12-6-7-13-27)34(38)35-21-25-10-4-3-5-11-25;;/h3-5,10-11,16-20,27,32H,6-9,12-15,21-22H2,1-2H3,(H,35,38);1H3;/q;-1;. The molecule has 1 atom stereocenters. The third-order valence-corrected chi connectivity index (χ3v) is 8.79. The first-order chi connectivity index (χ1) is 18.6. The van der Waals surface area contributed by atoms with Crippen molar-refractivity contribution in [1.82, 2.24) is 14.9 Å². The van der Waals surface area contributed by atoms with Crippen LogP contribution in [0.1, 0.15) is 83.6 Å². The average molecular weight is 610 g/mol. The number of rotatable bonds is 7. The van der Waals surface area contributed by atoms with Crippen molar-refractivity contribution in [2.45, 2.75) is 84.2 Å². The van der Waals surface area contributed by atoms with Crippen LogP contribution in [0.4, 0.5) is 0 Å². The molecule has 5 heteroatoms. The Labute approximate surface area is 265 Å². The molecule has 6 rings (SSSR count). The summed E-state index contributed by atoms with van der Waals surface area (Å²) in [6, 6.07) is 21.3. The quantitative estimate of drug-likeness (QED) is 0.219. The summed E-state index contributed by atoms with van der Waals surface area (Å²) < 4.78 is 2.47. The topological polar surface area (TPSA) is 46.9 Å². The molecule has 207 valence electrons. The van der Waals surface area contributed by atoms with Crippen LogP contribution < -0.4 is 5.32 Å². The Kier molecular flexibility index (Phi) is 10.4. The summed E-state index contributed by atoms with van der Waals surface area (Å²) in [5.41, 5.74) is 10.1. The molecule has 0 saturated heterocycles. The molecule has 2 aliphatic rings. The van der Waals surface area contributed by atoms with Crippen molar-refractivity contribution in [2.75, 3.05) is 0 Å². The largest absolute Gasteiger partial charge is 0.358 e. The van der Waals surface area contributed by atoms with Crippen molar-refractivity contribution < 1.29 is 37.5 Å². The molecule has 2 aliphatic carbocycles. The normalized spacial score (nSPS) is 15.7. The molecule has 1 saturated carbocycles. The van der Waals surface area contributed by atoms with Gasteiger partial charge in [0.15, 0.2) is 0 Å². The summed E-state index contributed by atoms with van der Waals surface area (Å²) in [5, 5.41) is 4.61. The number of fused-ring (bicyclic) bond motifs is 3. The molecule has 4 aromatic rings. The molecule has 1 unspecified atom stereocenters. The molecule has 0 bridgehead atoms. The van der Waals surface area contributed by atoms with Crippen LogP contribution in [0.3, 0.4) is 0 Å². The van der Waals surface area contributed by atoms with Crippen molar-refractivity contribution in [3.63, 3.8) is 0 Å². The van der Waals surface area contributed by atoms with Crippen LogP contribution in [0, 0.1) is 27.2 Å². The maximum Gasteiger partial charge on any atom is 0.228 e. The Morgan fingerprint density at radius 1 is 0.950 bits per heavy atom. The van der Waals surface area contributed by atoms with Crippen molar-refractivity contribution in [1.29, 1.82) is 0 Å². The summed E-state index contributed by atoms with van der Waals surface area (Å²) in [6.07, 6.45) is 9.53. The molecule has 1 fully saturated rings. The van der Waals surface area contributed by atoms with Gasteiger partial charge >= 0.3 is 0 Å². The molecule has 0 aliphatic heterocycles. The number of hydrogen-bond acceptors (Lipinski definition) is 2. The number of aryl methyl sites for hydroxylation is 3. The summed E-state index contributed by atoms with van der Waals surface area (Å²) in [7, 11) is 0. The maximum absolute atomic E-state index is 13.5. The van der Waals surface area contributed by atoms with Crippen molar-refractivity contribution >= 4 is 16.9 Å². The fraction of sp³-hybridized carbons (Fsp3) is 0.400. The van der Waals surface area contributed by atoms with E-state index in [-0.39, 0.29) is 52.0 Å². The van der Waals surface area contributed by atoms with Gasteiger partial charge in [-0.3, -0.25) is 4.79 Å². The van der Waals surface area contributed by atoms with Crippen molar-refractivity contribution in [3.8, 4) is 0 Å². The molecule has 4 nitrogen and oxygen atoms in total. The maximum atomic E-state index is 13.5. The third kappa shape index (κ3) is 6.29. The van der Waals surface area contributed by atoms with E-state index in [2.05, 4.69) is 66.2 Å². The van der Waals surface area contributed by atoms with Gasteiger partial charge in [0.2, 0.25) is 5.91 Å². The minimum atomic E-state index is -0.0811. The molecule has 2 aromatic heterocycles. The zero-order valence-electron chi connectivity index (χ0n) is 24.4. The van der Waals surface area contributed by atoms with Crippen LogP contribution in [-0.2, 0) is 63.4 Å². The number of nitrogens with zero attached hydrogens (tertiary/aromatic N) is 2. The zero-order chi connectivity index (χ0) is 26.1. The monoisotopic (exact) mass is 609 g/mol. The number of carbonyl (C=O) groups excluding carboxylic acids is 1. The second-order valence-electron chi connectivity index (χ2n) is 11.5. The van der Waals surface area contributed by atoms with E-state index in [1.807, 2.05) is 18.2 Å². The average Bonchev–Trinajstić information content (AvgIpc) is 3.56. The van der Waals surface area contributed by atoms with Gasteiger partial charge in [-0.25, -0.2) is 4.98 Å². The van der Waals surface area contributed by atoms with Gasteiger partial charge in [0.05, 0.1) is 5.92 Å². The van der Waals surface area contributed by atoms with E-state index < -0.39 is 0 Å². The molecule has 1 amide bonds. The fourth-order valence-corrected chi connectivity index (χ4v) is 6.98. The number of pyridine rings is 1. The Morgan fingerprint density at radius 2 is 1.65 bits per heavy atom. The van der Waals surface area contributed by atoms with Crippen LogP contribution in [0.15, 0.2) is 60.7 Å². The van der Waals surface area contributed by atoms with Crippen LogP contribution in [0.25, 0.3) is 11.0 Å². The Bertz CT molecular complexity index is 1440. The van der Waals surface area contributed by atoms with Gasteiger partial charge < -0.3 is 17.3 Å². The number of benzene rings is 2. The van der Waals surface area contributed by atoms with E-state index in [1.54, 1.807) is 0 Å². The Morgan fingerprint density at radius 3 is 2.38 bits per heavy atom. The third-order valence-electron chi connectivity index (χ3n) is 8.79. The number of carbonyl (C=O) groups is 1. The second-order valence-corrected chi connectivity index (χ2v) is 11.5. The number of nitrogens with one attached hydrogen (secondary N) is 1. The Hall–Kier alpha value is -2.30. The van der Waals surface area contributed by atoms with Crippen LogP contribution in [-0.4, -0.2) is 15.5 Å². The second kappa shape index (κ2) is 13.6.